The van der Waals surface area contributed by atoms with Crippen LogP contribution in [-0.2, 0) is 14.8 Å². The van der Waals surface area contributed by atoms with Gasteiger partial charge in [-0.05, 0) is 12.3 Å². The summed E-state index contributed by atoms with van der Waals surface area (Å²) in [6, 6.07) is -1.51. The second-order valence-corrected chi connectivity index (χ2v) is 6.45. The summed E-state index contributed by atoms with van der Waals surface area (Å²) in [4.78, 5) is 22.5. The molecule has 0 radical (unpaired) electrons. The molecule has 0 aromatic carbocycles. The van der Waals surface area contributed by atoms with Gasteiger partial charge in [-0.2, -0.15) is 0 Å². The van der Waals surface area contributed by atoms with Crippen molar-refractivity contribution in [2.24, 2.45) is 5.92 Å². The van der Waals surface area contributed by atoms with Gasteiger partial charge in [0, 0.05) is 13.1 Å². The quantitative estimate of drug-likeness (QED) is 0.436. The average Bonchev–Trinajstić information content (AvgIpc) is 2.32. The minimum absolute atomic E-state index is 0.176. The highest BCUT2D eigenvalue weighted by molar-refractivity contribution is 7.88. The summed E-state index contributed by atoms with van der Waals surface area (Å²) in [6.45, 7) is 4.06. The molecule has 0 aliphatic carbocycles. The molecule has 2 unspecified atom stereocenters. The number of urea groups is 1. The van der Waals surface area contributed by atoms with E-state index in [0.717, 1.165) is 6.26 Å². The molecule has 0 bridgehead atoms. The number of rotatable bonds is 9. The van der Waals surface area contributed by atoms with Crippen LogP contribution in [0.15, 0.2) is 0 Å². The fourth-order valence-corrected chi connectivity index (χ4v) is 1.94. The number of hydrogen-bond donors (Lipinski definition) is 4. The van der Waals surface area contributed by atoms with E-state index < -0.39 is 28.1 Å². The standard InChI is InChI=1S/C11H23N3O5S/c1-4-8(2)9(10(15)16)14-11(17)12-6-5-7-13-20(3,18)19/h8-9,13H,4-7H2,1-3H3,(H,15,16)(H2,12,14,17). The Labute approximate surface area is 119 Å². The lowest BCUT2D eigenvalue weighted by atomic mass is 9.99. The van der Waals surface area contributed by atoms with Gasteiger partial charge in [0.25, 0.3) is 0 Å². The Morgan fingerprint density at radius 2 is 1.85 bits per heavy atom. The van der Waals surface area contributed by atoms with E-state index in [0.29, 0.717) is 12.8 Å². The molecular formula is C11H23N3O5S. The number of aliphatic carboxylic acids is 1. The molecule has 0 aliphatic rings. The van der Waals surface area contributed by atoms with Crippen LogP contribution in [0.5, 0.6) is 0 Å². The van der Waals surface area contributed by atoms with Gasteiger partial charge in [-0.25, -0.2) is 22.7 Å². The van der Waals surface area contributed by atoms with Crippen molar-refractivity contribution in [3.8, 4) is 0 Å². The lowest BCUT2D eigenvalue weighted by Gasteiger charge is -2.20. The van der Waals surface area contributed by atoms with Gasteiger partial charge < -0.3 is 15.7 Å². The summed E-state index contributed by atoms with van der Waals surface area (Å²) < 4.78 is 23.8. The molecule has 0 aliphatic heterocycles. The van der Waals surface area contributed by atoms with Crippen molar-refractivity contribution in [3.05, 3.63) is 0 Å². The van der Waals surface area contributed by atoms with Crippen LogP contribution in [0.25, 0.3) is 0 Å². The second-order valence-electron chi connectivity index (χ2n) is 4.62. The first kappa shape index (κ1) is 18.7. The van der Waals surface area contributed by atoms with E-state index >= 15 is 0 Å². The summed E-state index contributed by atoms with van der Waals surface area (Å²) in [6.07, 6.45) is 2.10. The van der Waals surface area contributed by atoms with Crippen LogP contribution in [0.3, 0.4) is 0 Å². The van der Waals surface area contributed by atoms with Gasteiger partial charge in [-0.15, -0.1) is 0 Å². The minimum Gasteiger partial charge on any atom is -0.480 e. The molecule has 0 rings (SSSR count). The number of carbonyl (C=O) groups excluding carboxylic acids is 1. The van der Waals surface area contributed by atoms with E-state index in [9.17, 15) is 18.0 Å². The van der Waals surface area contributed by atoms with Crippen molar-refractivity contribution in [1.29, 1.82) is 0 Å². The number of carboxylic acid groups (broad SMARTS) is 1. The molecule has 20 heavy (non-hydrogen) atoms. The van der Waals surface area contributed by atoms with Gasteiger partial charge in [0.15, 0.2) is 0 Å². The number of carbonyl (C=O) groups is 2. The third-order valence-electron chi connectivity index (χ3n) is 2.77. The molecular weight excluding hydrogens is 286 g/mol. The summed E-state index contributed by atoms with van der Waals surface area (Å²) in [7, 11) is -3.23. The van der Waals surface area contributed by atoms with Crippen LogP contribution in [0.4, 0.5) is 4.79 Å². The zero-order valence-electron chi connectivity index (χ0n) is 12.0. The van der Waals surface area contributed by atoms with E-state index in [1.54, 1.807) is 6.92 Å². The lowest BCUT2D eigenvalue weighted by molar-refractivity contribution is -0.140. The van der Waals surface area contributed by atoms with Gasteiger partial charge in [0.1, 0.15) is 6.04 Å². The van der Waals surface area contributed by atoms with Crippen molar-refractivity contribution in [3.63, 3.8) is 0 Å². The minimum atomic E-state index is -3.23. The third-order valence-corrected chi connectivity index (χ3v) is 3.50. The molecule has 4 N–H and O–H groups in total. The first-order valence-corrected chi connectivity index (χ1v) is 8.28. The molecule has 0 heterocycles. The zero-order valence-corrected chi connectivity index (χ0v) is 12.8. The summed E-state index contributed by atoms with van der Waals surface area (Å²) in [5.74, 6) is -1.25. The van der Waals surface area contributed by atoms with E-state index in [2.05, 4.69) is 15.4 Å². The molecule has 0 saturated carbocycles. The highest BCUT2D eigenvalue weighted by atomic mass is 32.2. The molecule has 0 aromatic rings. The summed E-state index contributed by atoms with van der Waals surface area (Å²) in [5, 5.41) is 13.9. The summed E-state index contributed by atoms with van der Waals surface area (Å²) >= 11 is 0. The Hall–Kier alpha value is -1.35. The van der Waals surface area contributed by atoms with Crippen LogP contribution in [-0.4, -0.2) is 50.9 Å². The SMILES string of the molecule is CCC(C)C(NC(=O)NCCCNS(C)(=O)=O)C(=O)O. The second kappa shape index (κ2) is 8.75. The van der Waals surface area contributed by atoms with Gasteiger partial charge in [-0.3, -0.25) is 0 Å². The van der Waals surface area contributed by atoms with Crippen molar-refractivity contribution in [1.82, 2.24) is 15.4 Å². The Balaban J connectivity index is 4.00. The van der Waals surface area contributed by atoms with Crippen LogP contribution >= 0.6 is 0 Å². The average molecular weight is 309 g/mol. The Morgan fingerprint density at radius 1 is 1.25 bits per heavy atom. The zero-order chi connectivity index (χ0) is 15.8. The molecule has 0 fully saturated rings. The Kier molecular flexibility index (Phi) is 8.16. The first-order chi connectivity index (χ1) is 9.17. The molecule has 8 nitrogen and oxygen atoms in total. The molecule has 0 saturated heterocycles. The van der Waals surface area contributed by atoms with Crippen molar-refractivity contribution < 1.29 is 23.1 Å². The lowest BCUT2D eigenvalue weighted by Crippen LogP contribution is -2.49. The third kappa shape index (κ3) is 8.70. The van der Waals surface area contributed by atoms with Gasteiger partial charge in [0.05, 0.1) is 6.26 Å². The molecule has 2 amide bonds. The van der Waals surface area contributed by atoms with Crippen LogP contribution in [0.1, 0.15) is 26.7 Å². The largest absolute Gasteiger partial charge is 0.480 e. The maximum Gasteiger partial charge on any atom is 0.326 e. The topological polar surface area (TPSA) is 125 Å². The molecule has 0 aromatic heterocycles. The van der Waals surface area contributed by atoms with Crippen molar-refractivity contribution in [2.75, 3.05) is 19.3 Å². The van der Waals surface area contributed by atoms with Crippen LogP contribution in [0, 0.1) is 5.92 Å². The fourth-order valence-electron chi connectivity index (χ4n) is 1.42. The van der Waals surface area contributed by atoms with E-state index in [1.165, 1.54) is 0 Å². The van der Waals surface area contributed by atoms with Gasteiger partial charge in [0.2, 0.25) is 10.0 Å². The van der Waals surface area contributed by atoms with E-state index in [1.807, 2.05) is 6.92 Å². The van der Waals surface area contributed by atoms with Gasteiger partial charge in [-0.1, -0.05) is 20.3 Å². The normalized spacial score (nSPS) is 14.3. The maximum atomic E-state index is 11.5. The fraction of sp³-hybridized carbons (Fsp3) is 0.818. The van der Waals surface area contributed by atoms with Crippen LogP contribution < -0.4 is 15.4 Å². The molecule has 9 heteroatoms. The molecule has 0 spiro atoms. The van der Waals surface area contributed by atoms with Crippen molar-refractivity contribution in [2.45, 2.75) is 32.7 Å². The van der Waals surface area contributed by atoms with E-state index in [-0.39, 0.29) is 19.0 Å². The predicted octanol–water partition coefficient (Wildman–Crippen LogP) is -0.276. The highest BCUT2D eigenvalue weighted by Crippen LogP contribution is 2.07. The number of hydrogen-bond acceptors (Lipinski definition) is 4. The Morgan fingerprint density at radius 3 is 2.30 bits per heavy atom. The number of sulfonamides is 1. The number of carboxylic acids is 1. The van der Waals surface area contributed by atoms with Gasteiger partial charge >= 0.3 is 12.0 Å². The van der Waals surface area contributed by atoms with Crippen molar-refractivity contribution >= 4 is 22.0 Å². The summed E-state index contributed by atoms with van der Waals surface area (Å²) in [5.41, 5.74) is 0. The van der Waals surface area contributed by atoms with E-state index in [4.69, 9.17) is 5.11 Å². The first-order valence-electron chi connectivity index (χ1n) is 6.39. The predicted molar refractivity (Wildman–Crippen MR) is 74.9 cm³/mol. The number of nitrogens with one attached hydrogen (secondary N) is 3. The van der Waals surface area contributed by atoms with Crippen LogP contribution in [0.2, 0.25) is 0 Å². The number of amides is 2. The molecule has 118 valence electrons. The smallest absolute Gasteiger partial charge is 0.326 e. The maximum absolute atomic E-state index is 11.5. The monoisotopic (exact) mass is 309 g/mol. The Bertz CT molecular complexity index is 424. The highest BCUT2D eigenvalue weighted by Gasteiger charge is 2.24. The molecule has 2 atom stereocenters.